The van der Waals surface area contributed by atoms with E-state index in [2.05, 4.69) is 25.7 Å². The van der Waals surface area contributed by atoms with Crippen molar-refractivity contribution in [2.24, 2.45) is 5.92 Å². The molecule has 17 heavy (non-hydrogen) atoms. The van der Waals surface area contributed by atoms with Crippen molar-refractivity contribution in [1.29, 1.82) is 0 Å². The van der Waals surface area contributed by atoms with Crippen LogP contribution in [0, 0.1) is 5.92 Å². The quantitative estimate of drug-likeness (QED) is 0.737. The van der Waals surface area contributed by atoms with Crippen molar-refractivity contribution in [2.75, 3.05) is 44.6 Å². The van der Waals surface area contributed by atoms with Crippen LogP contribution in [-0.2, 0) is 0 Å². The summed E-state index contributed by atoms with van der Waals surface area (Å²) in [4.78, 5) is 5.33. The zero-order valence-corrected chi connectivity index (χ0v) is 12.6. The van der Waals surface area contributed by atoms with E-state index in [1.54, 1.807) is 0 Å². The summed E-state index contributed by atoms with van der Waals surface area (Å²) in [5.74, 6) is 1.01. The van der Waals surface area contributed by atoms with Gasteiger partial charge in [0.15, 0.2) is 0 Å². The molecule has 100 valence electrons. The Kier molecular flexibility index (Phi) is 6.30. The predicted octanol–water partition coefficient (Wildman–Crippen LogP) is 2.97. The molecule has 1 saturated heterocycles. The first kappa shape index (κ1) is 13.8. The van der Waals surface area contributed by atoms with Crippen molar-refractivity contribution >= 4 is 15.9 Å². The number of alkyl halides is 1. The second-order valence-electron chi connectivity index (χ2n) is 5.69. The van der Waals surface area contributed by atoms with Gasteiger partial charge < -0.3 is 9.80 Å². The Bertz CT molecular complexity index is 204. The van der Waals surface area contributed by atoms with Crippen LogP contribution in [0.15, 0.2) is 0 Å². The molecule has 2 fully saturated rings. The lowest BCUT2D eigenvalue weighted by molar-refractivity contribution is 0.203. The van der Waals surface area contributed by atoms with Crippen LogP contribution in [0.2, 0.25) is 0 Å². The molecule has 1 saturated carbocycles. The summed E-state index contributed by atoms with van der Waals surface area (Å²) >= 11 is 3.55. The van der Waals surface area contributed by atoms with Crippen molar-refractivity contribution in [3.8, 4) is 0 Å². The van der Waals surface area contributed by atoms with Crippen LogP contribution < -0.4 is 0 Å². The molecule has 0 spiro atoms. The fourth-order valence-corrected chi connectivity index (χ4v) is 3.79. The monoisotopic (exact) mass is 302 g/mol. The van der Waals surface area contributed by atoms with E-state index >= 15 is 0 Å². The molecule has 1 aliphatic heterocycles. The predicted molar refractivity (Wildman–Crippen MR) is 77.9 cm³/mol. The summed E-state index contributed by atoms with van der Waals surface area (Å²) in [6.07, 6.45) is 8.78. The van der Waals surface area contributed by atoms with E-state index in [-0.39, 0.29) is 0 Å². The summed E-state index contributed by atoms with van der Waals surface area (Å²) in [6.45, 7) is 7.79. The van der Waals surface area contributed by atoms with Gasteiger partial charge in [0.1, 0.15) is 0 Å². The van der Waals surface area contributed by atoms with Crippen LogP contribution in [0.4, 0.5) is 0 Å². The van der Waals surface area contributed by atoms with Crippen molar-refractivity contribution in [3.05, 3.63) is 0 Å². The lowest BCUT2D eigenvalue weighted by Crippen LogP contribution is -2.35. The van der Waals surface area contributed by atoms with Gasteiger partial charge in [-0.2, -0.15) is 0 Å². The minimum absolute atomic E-state index is 1.01. The molecule has 0 radical (unpaired) electrons. The maximum atomic E-state index is 3.55. The van der Waals surface area contributed by atoms with Gasteiger partial charge in [-0.25, -0.2) is 0 Å². The van der Waals surface area contributed by atoms with Gasteiger partial charge in [-0.15, -0.1) is 0 Å². The number of hydrogen-bond acceptors (Lipinski definition) is 2. The molecule has 0 unspecified atom stereocenters. The van der Waals surface area contributed by atoms with Crippen LogP contribution >= 0.6 is 15.9 Å². The van der Waals surface area contributed by atoms with Crippen molar-refractivity contribution in [2.45, 2.75) is 38.5 Å². The first-order valence-corrected chi connectivity index (χ1v) is 8.51. The molecule has 2 rings (SSSR count). The van der Waals surface area contributed by atoms with Crippen LogP contribution in [0.1, 0.15) is 38.5 Å². The van der Waals surface area contributed by atoms with Crippen LogP contribution in [0.5, 0.6) is 0 Å². The van der Waals surface area contributed by atoms with E-state index in [1.807, 2.05) is 0 Å². The van der Waals surface area contributed by atoms with Gasteiger partial charge in [-0.3, -0.25) is 0 Å². The molecule has 0 amide bonds. The maximum absolute atomic E-state index is 3.55. The van der Waals surface area contributed by atoms with E-state index in [1.165, 1.54) is 77.8 Å². The molecule has 0 bridgehead atoms. The lowest BCUT2D eigenvalue weighted by Gasteiger charge is -2.28. The number of halogens is 1. The third kappa shape index (κ3) is 4.88. The van der Waals surface area contributed by atoms with Crippen molar-refractivity contribution in [3.63, 3.8) is 0 Å². The molecule has 2 aliphatic rings. The highest BCUT2D eigenvalue weighted by Crippen LogP contribution is 2.24. The second kappa shape index (κ2) is 7.75. The smallest absolute Gasteiger partial charge is 0.0159 e. The summed E-state index contributed by atoms with van der Waals surface area (Å²) in [6, 6.07) is 0. The summed E-state index contributed by atoms with van der Waals surface area (Å²) in [7, 11) is 0. The maximum Gasteiger partial charge on any atom is 0.0159 e. The van der Waals surface area contributed by atoms with E-state index in [0.717, 1.165) is 11.2 Å². The van der Waals surface area contributed by atoms with Crippen molar-refractivity contribution in [1.82, 2.24) is 9.80 Å². The fourth-order valence-electron chi connectivity index (χ4n) is 3.28. The molecular formula is C14H27BrN2. The zero-order chi connectivity index (χ0) is 11.9. The molecule has 3 heteroatoms. The normalized spacial score (nSPS) is 25.9. The number of hydrogen-bond donors (Lipinski definition) is 0. The molecular weight excluding hydrogens is 276 g/mol. The Balaban J connectivity index is 1.70. The molecule has 0 aromatic rings. The second-order valence-corrected chi connectivity index (χ2v) is 6.48. The van der Waals surface area contributed by atoms with E-state index in [0.29, 0.717) is 0 Å². The van der Waals surface area contributed by atoms with Crippen LogP contribution in [0.3, 0.4) is 0 Å². The molecule has 1 aliphatic carbocycles. The highest BCUT2D eigenvalue weighted by molar-refractivity contribution is 9.09. The van der Waals surface area contributed by atoms with Crippen LogP contribution in [0.25, 0.3) is 0 Å². The Morgan fingerprint density at radius 1 is 0.824 bits per heavy atom. The van der Waals surface area contributed by atoms with Crippen molar-refractivity contribution < 1.29 is 0 Å². The molecule has 0 N–H and O–H groups in total. The highest BCUT2D eigenvalue weighted by Gasteiger charge is 2.19. The molecule has 1 heterocycles. The Morgan fingerprint density at radius 3 is 2.29 bits per heavy atom. The molecule has 0 aromatic heterocycles. The van der Waals surface area contributed by atoms with Gasteiger partial charge >= 0.3 is 0 Å². The van der Waals surface area contributed by atoms with E-state index < -0.39 is 0 Å². The number of nitrogens with zero attached hydrogens (tertiary/aromatic N) is 2. The summed E-state index contributed by atoms with van der Waals surface area (Å²) < 4.78 is 0. The average Bonchev–Trinajstić information content (AvgIpc) is 2.57. The Hall–Kier alpha value is 0.400. The number of rotatable bonds is 4. The standard InChI is InChI=1S/C14H27BrN2/c15-7-10-16-8-4-9-17(12-11-16)13-14-5-2-1-3-6-14/h14H,1-13H2. The summed E-state index contributed by atoms with van der Waals surface area (Å²) in [5.41, 5.74) is 0. The lowest BCUT2D eigenvalue weighted by atomic mass is 9.89. The first-order valence-electron chi connectivity index (χ1n) is 7.39. The average molecular weight is 303 g/mol. The highest BCUT2D eigenvalue weighted by atomic mass is 79.9. The van der Waals surface area contributed by atoms with Gasteiger partial charge in [-0.1, -0.05) is 35.2 Å². The minimum atomic E-state index is 1.01. The minimum Gasteiger partial charge on any atom is -0.302 e. The fraction of sp³-hybridized carbons (Fsp3) is 1.00. The molecule has 2 nitrogen and oxygen atoms in total. The zero-order valence-electron chi connectivity index (χ0n) is 11.0. The van der Waals surface area contributed by atoms with Gasteiger partial charge in [0.2, 0.25) is 0 Å². The van der Waals surface area contributed by atoms with Gasteiger partial charge in [0.05, 0.1) is 0 Å². The van der Waals surface area contributed by atoms with E-state index in [4.69, 9.17) is 0 Å². The van der Waals surface area contributed by atoms with E-state index in [9.17, 15) is 0 Å². The SMILES string of the molecule is BrCCN1CCCN(CC2CCCCC2)CC1. The van der Waals surface area contributed by atoms with Gasteiger partial charge in [0.25, 0.3) is 0 Å². The first-order chi connectivity index (χ1) is 8.38. The molecule has 0 atom stereocenters. The third-order valence-electron chi connectivity index (χ3n) is 4.32. The largest absolute Gasteiger partial charge is 0.302 e. The van der Waals surface area contributed by atoms with Gasteiger partial charge in [-0.05, 0) is 38.3 Å². The summed E-state index contributed by atoms with van der Waals surface area (Å²) in [5, 5.41) is 1.12. The van der Waals surface area contributed by atoms with Gasteiger partial charge in [0, 0.05) is 31.5 Å². The molecule has 0 aromatic carbocycles. The third-order valence-corrected chi connectivity index (χ3v) is 4.68. The Labute approximate surface area is 115 Å². The van der Waals surface area contributed by atoms with Crippen LogP contribution in [-0.4, -0.2) is 54.4 Å². The Morgan fingerprint density at radius 2 is 1.53 bits per heavy atom. The topological polar surface area (TPSA) is 6.48 Å².